The van der Waals surface area contributed by atoms with Crippen LogP contribution in [0.2, 0.25) is 0 Å². The predicted molar refractivity (Wildman–Crippen MR) is 98.2 cm³/mol. The van der Waals surface area contributed by atoms with E-state index in [0.717, 1.165) is 31.6 Å². The lowest BCUT2D eigenvalue weighted by Crippen LogP contribution is -2.48. The van der Waals surface area contributed by atoms with Crippen molar-refractivity contribution in [2.45, 2.75) is 24.2 Å². The van der Waals surface area contributed by atoms with Crippen LogP contribution in [0.4, 0.5) is 4.79 Å². The molecule has 1 saturated heterocycles. The second-order valence-corrected chi connectivity index (χ2v) is 7.44. The molecule has 1 aliphatic heterocycles. The third-order valence-corrected chi connectivity index (χ3v) is 5.18. The molecule has 3 amide bonds. The van der Waals surface area contributed by atoms with Crippen LogP contribution in [-0.2, 0) is 4.79 Å². The van der Waals surface area contributed by atoms with E-state index in [1.807, 2.05) is 18.2 Å². The van der Waals surface area contributed by atoms with Gasteiger partial charge in [0.1, 0.15) is 0 Å². The maximum absolute atomic E-state index is 12.3. The summed E-state index contributed by atoms with van der Waals surface area (Å²) in [5.74, 6) is 0.987. The zero-order valence-corrected chi connectivity index (χ0v) is 15.3. The first kappa shape index (κ1) is 18.6. The number of benzene rings is 1. The van der Waals surface area contributed by atoms with Crippen molar-refractivity contribution in [3.05, 3.63) is 30.3 Å². The normalized spacial score (nSPS) is 17.4. The molecule has 1 heterocycles. The average Bonchev–Trinajstić information content (AvgIpc) is 2.61. The van der Waals surface area contributed by atoms with Crippen LogP contribution < -0.4 is 5.32 Å². The molecule has 0 spiro atoms. The number of nitrogens with one attached hydrogen (secondary N) is 1. The number of hydrogen-bond donors (Lipinski definition) is 1. The average molecular weight is 350 g/mol. The maximum Gasteiger partial charge on any atom is 0.319 e. The molecule has 24 heavy (non-hydrogen) atoms. The maximum atomic E-state index is 12.3. The molecule has 1 fully saturated rings. The first-order chi connectivity index (χ1) is 11.6. The second kappa shape index (κ2) is 9.57. The van der Waals surface area contributed by atoms with Crippen molar-refractivity contribution in [3.63, 3.8) is 0 Å². The Morgan fingerprint density at radius 3 is 2.75 bits per heavy atom. The fourth-order valence-corrected chi connectivity index (χ4v) is 3.66. The van der Waals surface area contributed by atoms with Crippen molar-refractivity contribution >= 4 is 23.7 Å². The summed E-state index contributed by atoms with van der Waals surface area (Å²) in [6.07, 6.45) is 2.70. The largest absolute Gasteiger partial charge is 0.356 e. The molecule has 0 saturated carbocycles. The minimum Gasteiger partial charge on any atom is -0.356 e. The van der Waals surface area contributed by atoms with Gasteiger partial charge in [-0.2, -0.15) is 0 Å². The molecule has 2 rings (SSSR count). The summed E-state index contributed by atoms with van der Waals surface area (Å²) in [4.78, 5) is 28.9. The molecular formula is C18H27N3O2S. The number of likely N-dealkylation sites (tertiary alicyclic amines) is 1. The van der Waals surface area contributed by atoms with Crippen LogP contribution in [-0.4, -0.2) is 61.2 Å². The second-order valence-electron chi connectivity index (χ2n) is 6.27. The molecule has 1 N–H and O–H groups in total. The highest BCUT2D eigenvalue weighted by Crippen LogP contribution is 2.19. The summed E-state index contributed by atoms with van der Waals surface area (Å²) in [6.45, 7) is 1.97. The molecule has 0 bridgehead atoms. The van der Waals surface area contributed by atoms with E-state index in [9.17, 15) is 9.59 Å². The van der Waals surface area contributed by atoms with E-state index in [1.165, 1.54) is 4.90 Å². The van der Waals surface area contributed by atoms with E-state index in [2.05, 4.69) is 17.4 Å². The fraction of sp³-hybridized carbons (Fsp3) is 0.556. The van der Waals surface area contributed by atoms with Crippen LogP contribution >= 0.6 is 11.8 Å². The van der Waals surface area contributed by atoms with Gasteiger partial charge in [0.05, 0.1) is 5.92 Å². The molecular weight excluding hydrogens is 322 g/mol. The summed E-state index contributed by atoms with van der Waals surface area (Å²) in [5, 5.41) is 3.02. The minimum atomic E-state index is -0.0792. The Kier molecular flexibility index (Phi) is 7.43. The number of carbonyl (C=O) groups is 2. The molecule has 132 valence electrons. The SMILES string of the molecule is CN(C)C(=O)N1CCC[C@H](C(=O)NCCCSc2ccccc2)C1. The van der Waals surface area contributed by atoms with Crippen molar-refractivity contribution in [2.24, 2.45) is 5.92 Å². The van der Waals surface area contributed by atoms with Gasteiger partial charge in [-0.15, -0.1) is 11.8 Å². The molecule has 6 heteroatoms. The van der Waals surface area contributed by atoms with Gasteiger partial charge in [0, 0.05) is 38.6 Å². The Hall–Kier alpha value is -1.69. The molecule has 1 aromatic rings. The molecule has 1 aliphatic rings. The van der Waals surface area contributed by atoms with Gasteiger partial charge in [-0.1, -0.05) is 18.2 Å². The highest BCUT2D eigenvalue weighted by molar-refractivity contribution is 7.99. The third kappa shape index (κ3) is 5.74. The topological polar surface area (TPSA) is 52.7 Å². The summed E-state index contributed by atoms with van der Waals surface area (Å²) >= 11 is 1.81. The summed E-state index contributed by atoms with van der Waals surface area (Å²) in [7, 11) is 3.49. The van der Waals surface area contributed by atoms with E-state index >= 15 is 0 Å². The van der Waals surface area contributed by atoms with Crippen LogP contribution in [0.1, 0.15) is 19.3 Å². The van der Waals surface area contributed by atoms with Crippen molar-refractivity contribution in [1.82, 2.24) is 15.1 Å². The summed E-state index contributed by atoms with van der Waals surface area (Å²) < 4.78 is 0. The molecule has 1 aromatic carbocycles. The van der Waals surface area contributed by atoms with Crippen LogP contribution in [0.5, 0.6) is 0 Å². The van der Waals surface area contributed by atoms with Gasteiger partial charge < -0.3 is 15.1 Å². The van der Waals surface area contributed by atoms with E-state index in [0.29, 0.717) is 13.1 Å². The van der Waals surface area contributed by atoms with E-state index in [4.69, 9.17) is 0 Å². The minimum absolute atomic E-state index is 0.00763. The van der Waals surface area contributed by atoms with Crippen molar-refractivity contribution in [2.75, 3.05) is 39.5 Å². The molecule has 0 aromatic heterocycles. The summed E-state index contributed by atoms with van der Waals surface area (Å²) in [5.41, 5.74) is 0. The Morgan fingerprint density at radius 1 is 1.29 bits per heavy atom. The Balaban J connectivity index is 1.65. The first-order valence-electron chi connectivity index (χ1n) is 8.49. The number of thioether (sulfide) groups is 1. The van der Waals surface area contributed by atoms with E-state index < -0.39 is 0 Å². The lowest BCUT2D eigenvalue weighted by molar-refractivity contribution is -0.126. The quantitative estimate of drug-likeness (QED) is 0.635. The number of rotatable bonds is 6. The number of nitrogens with zero attached hydrogens (tertiary/aromatic N) is 2. The number of urea groups is 1. The Morgan fingerprint density at radius 2 is 2.04 bits per heavy atom. The number of piperidine rings is 1. The molecule has 5 nitrogen and oxygen atoms in total. The first-order valence-corrected chi connectivity index (χ1v) is 9.48. The van der Waals surface area contributed by atoms with Crippen LogP contribution in [0.3, 0.4) is 0 Å². The molecule has 0 radical (unpaired) electrons. The van der Waals surface area contributed by atoms with Gasteiger partial charge >= 0.3 is 6.03 Å². The van der Waals surface area contributed by atoms with Gasteiger partial charge in [-0.05, 0) is 37.1 Å². The van der Waals surface area contributed by atoms with Gasteiger partial charge in [-0.3, -0.25) is 4.79 Å². The molecule has 1 atom stereocenters. The zero-order valence-electron chi connectivity index (χ0n) is 14.5. The third-order valence-electron chi connectivity index (χ3n) is 4.08. The standard InChI is InChI=1S/C18H27N3O2S/c1-20(2)18(23)21-12-6-8-15(14-21)17(22)19-11-7-13-24-16-9-4-3-5-10-16/h3-5,9-10,15H,6-8,11-14H2,1-2H3,(H,19,22)/t15-/m0/s1. The number of amides is 3. The summed E-state index contributed by atoms with van der Waals surface area (Å²) in [6, 6.07) is 10.3. The van der Waals surface area contributed by atoms with E-state index in [-0.39, 0.29) is 17.9 Å². The lowest BCUT2D eigenvalue weighted by atomic mass is 9.97. The van der Waals surface area contributed by atoms with E-state index in [1.54, 1.807) is 35.7 Å². The highest BCUT2D eigenvalue weighted by Gasteiger charge is 2.28. The lowest BCUT2D eigenvalue weighted by Gasteiger charge is -2.33. The predicted octanol–water partition coefficient (Wildman–Crippen LogP) is 2.68. The molecule has 0 unspecified atom stereocenters. The van der Waals surface area contributed by atoms with Gasteiger partial charge in [0.15, 0.2) is 0 Å². The number of hydrogen-bond acceptors (Lipinski definition) is 3. The van der Waals surface area contributed by atoms with Crippen LogP contribution in [0.15, 0.2) is 35.2 Å². The van der Waals surface area contributed by atoms with Crippen molar-refractivity contribution < 1.29 is 9.59 Å². The molecule has 0 aliphatic carbocycles. The smallest absolute Gasteiger partial charge is 0.319 e. The monoisotopic (exact) mass is 349 g/mol. The Labute approximate surface area is 148 Å². The van der Waals surface area contributed by atoms with Crippen LogP contribution in [0, 0.1) is 5.92 Å². The van der Waals surface area contributed by atoms with Crippen LogP contribution in [0.25, 0.3) is 0 Å². The van der Waals surface area contributed by atoms with Gasteiger partial charge in [0.25, 0.3) is 0 Å². The van der Waals surface area contributed by atoms with Gasteiger partial charge in [0.2, 0.25) is 5.91 Å². The highest BCUT2D eigenvalue weighted by atomic mass is 32.2. The van der Waals surface area contributed by atoms with Crippen molar-refractivity contribution in [3.8, 4) is 0 Å². The fourth-order valence-electron chi connectivity index (χ4n) is 2.78. The zero-order chi connectivity index (χ0) is 17.4. The Bertz CT molecular complexity index is 536. The van der Waals surface area contributed by atoms with Crippen molar-refractivity contribution in [1.29, 1.82) is 0 Å². The van der Waals surface area contributed by atoms with Gasteiger partial charge in [-0.25, -0.2) is 4.79 Å². The number of carbonyl (C=O) groups excluding carboxylic acids is 2.